The molecule has 0 heterocycles. The maximum absolute atomic E-state index is 12.0. The number of nitrogens with two attached hydrogens (primary N) is 1. The standard InChI is InChI=1S/C15H13N3O/c16-10-9-11-5-7-12(8-6-11)18-15(19)13-3-1-2-4-14(13)17/h1-8H,9,17H2,(H,18,19). The monoisotopic (exact) mass is 251 g/mol. The molecule has 2 aromatic carbocycles. The SMILES string of the molecule is N#CCc1ccc(NC(=O)c2ccccc2N)cc1. The number of nitrogens with one attached hydrogen (secondary N) is 1. The van der Waals surface area contributed by atoms with Crippen molar-refractivity contribution in [1.82, 2.24) is 0 Å². The highest BCUT2D eigenvalue weighted by Gasteiger charge is 2.08. The van der Waals surface area contributed by atoms with E-state index in [1.165, 1.54) is 0 Å². The first kappa shape index (κ1) is 12.7. The van der Waals surface area contributed by atoms with Crippen LogP contribution in [0.15, 0.2) is 48.5 Å². The number of rotatable bonds is 3. The van der Waals surface area contributed by atoms with Crippen LogP contribution in [0.25, 0.3) is 0 Å². The first-order valence-corrected chi connectivity index (χ1v) is 5.82. The van der Waals surface area contributed by atoms with E-state index in [1.807, 2.05) is 12.1 Å². The Morgan fingerprint density at radius 2 is 1.84 bits per heavy atom. The molecule has 0 aliphatic rings. The van der Waals surface area contributed by atoms with E-state index < -0.39 is 0 Å². The van der Waals surface area contributed by atoms with Crippen molar-refractivity contribution in [2.75, 3.05) is 11.1 Å². The maximum atomic E-state index is 12.0. The van der Waals surface area contributed by atoms with Gasteiger partial charge in [0, 0.05) is 11.4 Å². The van der Waals surface area contributed by atoms with Gasteiger partial charge in [-0.15, -0.1) is 0 Å². The van der Waals surface area contributed by atoms with Crippen LogP contribution < -0.4 is 11.1 Å². The normalized spacial score (nSPS) is 9.63. The number of hydrogen-bond acceptors (Lipinski definition) is 3. The number of para-hydroxylation sites is 1. The van der Waals surface area contributed by atoms with Crippen LogP contribution in [0.5, 0.6) is 0 Å². The largest absolute Gasteiger partial charge is 0.398 e. The van der Waals surface area contributed by atoms with Crippen LogP contribution in [0.4, 0.5) is 11.4 Å². The molecule has 19 heavy (non-hydrogen) atoms. The molecular formula is C15H13N3O. The second-order valence-corrected chi connectivity index (χ2v) is 4.07. The molecule has 0 aliphatic heterocycles. The lowest BCUT2D eigenvalue weighted by Gasteiger charge is -2.07. The van der Waals surface area contributed by atoms with Crippen molar-refractivity contribution in [2.24, 2.45) is 0 Å². The molecule has 0 bridgehead atoms. The minimum absolute atomic E-state index is 0.244. The van der Waals surface area contributed by atoms with Crippen LogP contribution in [0, 0.1) is 11.3 Å². The summed E-state index contributed by atoms with van der Waals surface area (Å²) in [5.41, 5.74) is 8.23. The summed E-state index contributed by atoms with van der Waals surface area (Å²) in [5.74, 6) is -0.244. The van der Waals surface area contributed by atoms with Crippen LogP contribution in [0.3, 0.4) is 0 Å². The fourth-order valence-corrected chi connectivity index (χ4v) is 1.70. The maximum Gasteiger partial charge on any atom is 0.257 e. The zero-order valence-corrected chi connectivity index (χ0v) is 10.3. The number of nitrogens with zero attached hydrogens (tertiary/aromatic N) is 1. The summed E-state index contributed by atoms with van der Waals surface area (Å²) in [7, 11) is 0. The number of benzene rings is 2. The van der Waals surface area contributed by atoms with Crippen molar-refractivity contribution in [2.45, 2.75) is 6.42 Å². The topological polar surface area (TPSA) is 78.9 Å². The number of nitriles is 1. The summed E-state index contributed by atoms with van der Waals surface area (Å²) in [6, 6.07) is 16.1. The van der Waals surface area contributed by atoms with Crippen molar-refractivity contribution < 1.29 is 4.79 Å². The first-order valence-electron chi connectivity index (χ1n) is 5.82. The molecule has 0 unspecified atom stereocenters. The van der Waals surface area contributed by atoms with Gasteiger partial charge in [-0.2, -0.15) is 5.26 Å². The van der Waals surface area contributed by atoms with Gasteiger partial charge in [0.25, 0.3) is 5.91 Å². The van der Waals surface area contributed by atoms with Gasteiger partial charge in [0.05, 0.1) is 18.1 Å². The van der Waals surface area contributed by atoms with Gasteiger partial charge in [0.2, 0.25) is 0 Å². The predicted octanol–water partition coefficient (Wildman–Crippen LogP) is 2.59. The summed E-state index contributed by atoms with van der Waals surface area (Å²) in [5, 5.41) is 11.3. The van der Waals surface area contributed by atoms with E-state index in [0.29, 0.717) is 23.4 Å². The molecule has 1 amide bonds. The van der Waals surface area contributed by atoms with Gasteiger partial charge in [0.15, 0.2) is 0 Å². The summed E-state index contributed by atoms with van der Waals surface area (Å²) >= 11 is 0. The quantitative estimate of drug-likeness (QED) is 0.823. The van der Waals surface area contributed by atoms with E-state index in [1.54, 1.807) is 36.4 Å². The van der Waals surface area contributed by atoms with Crippen molar-refractivity contribution in [3.8, 4) is 6.07 Å². The van der Waals surface area contributed by atoms with E-state index in [4.69, 9.17) is 11.0 Å². The Morgan fingerprint density at radius 1 is 1.16 bits per heavy atom. The van der Waals surface area contributed by atoms with Crippen LogP contribution in [-0.4, -0.2) is 5.91 Å². The Balaban J connectivity index is 2.11. The average molecular weight is 251 g/mol. The van der Waals surface area contributed by atoms with Gasteiger partial charge < -0.3 is 11.1 Å². The van der Waals surface area contributed by atoms with Gasteiger partial charge in [-0.25, -0.2) is 0 Å². The van der Waals surface area contributed by atoms with E-state index in [2.05, 4.69) is 11.4 Å². The van der Waals surface area contributed by atoms with Crippen molar-refractivity contribution >= 4 is 17.3 Å². The zero-order chi connectivity index (χ0) is 13.7. The van der Waals surface area contributed by atoms with E-state index >= 15 is 0 Å². The predicted molar refractivity (Wildman–Crippen MR) is 74.6 cm³/mol. The molecule has 2 rings (SSSR count). The Hall–Kier alpha value is -2.80. The van der Waals surface area contributed by atoms with Crippen LogP contribution in [0.1, 0.15) is 15.9 Å². The number of carbonyl (C=O) groups excluding carboxylic acids is 1. The molecule has 0 saturated heterocycles. The number of hydrogen-bond donors (Lipinski definition) is 2. The Kier molecular flexibility index (Phi) is 3.79. The van der Waals surface area contributed by atoms with Crippen molar-refractivity contribution in [3.63, 3.8) is 0 Å². The third-order valence-electron chi connectivity index (χ3n) is 2.70. The fraction of sp³-hybridized carbons (Fsp3) is 0.0667. The molecule has 0 saturated carbocycles. The van der Waals surface area contributed by atoms with E-state index in [-0.39, 0.29) is 5.91 Å². The Labute approximate surface area is 111 Å². The smallest absolute Gasteiger partial charge is 0.257 e. The van der Waals surface area contributed by atoms with Gasteiger partial charge in [0.1, 0.15) is 0 Å². The minimum Gasteiger partial charge on any atom is -0.398 e. The van der Waals surface area contributed by atoms with Crippen LogP contribution in [0.2, 0.25) is 0 Å². The second kappa shape index (κ2) is 5.69. The molecule has 0 aliphatic carbocycles. The van der Waals surface area contributed by atoms with Crippen molar-refractivity contribution in [3.05, 3.63) is 59.7 Å². The third kappa shape index (κ3) is 3.11. The summed E-state index contributed by atoms with van der Waals surface area (Å²) in [4.78, 5) is 12.0. The molecular weight excluding hydrogens is 238 g/mol. The summed E-state index contributed by atoms with van der Waals surface area (Å²) < 4.78 is 0. The third-order valence-corrected chi connectivity index (χ3v) is 2.70. The minimum atomic E-state index is -0.244. The lowest BCUT2D eigenvalue weighted by molar-refractivity contribution is 0.102. The molecule has 2 aromatic rings. The van der Waals surface area contributed by atoms with Gasteiger partial charge in [-0.05, 0) is 29.8 Å². The molecule has 94 valence electrons. The molecule has 0 aromatic heterocycles. The van der Waals surface area contributed by atoms with Crippen LogP contribution in [-0.2, 0) is 6.42 Å². The highest BCUT2D eigenvalue weighted by molar-refractivity contribution is 6.07. The number of anilines is 2. The highest BCUT2D eigenvalue weighted by atomic mass is 16.1. The van der Waals surface area contributed by atoms with E-state index in [9.17, 15) is 4.79 Å². The van der Waals surface area contributed by atoms with Gasteiger partial charge in [-0.3, -0.25) is 4.79 Å². The molecule has 0 radical (unpaired) electrons. The Bertz CT molecular complexity index is 627. The second-order valence-electron chi connectivity index (χ2n) is 4.07. The van der Waals surface area contributed by atoms with Gasteiger partial charge in [-0.1, -0.05) is 24.3 Å². The number of carbonyl (C=O) groups is 1. The lowest BCUT2D eigenvalue weighted by atomic mass is 10.1. The number of nitrogen functional groups attached to an aromatic ring is 1. The molecule has 0 atom stereocenters. The molecule has 4 heteroatoms. The zero-order valence-electron chi connectivity index (χ0n) is 10.3. The summed E-state index contributed by atoms with van der Waals surface area (Å²) in [6.07, 6.45) is 0.361. The fourth-order valence-electron chi connectivity index (χ4n) is 1.70. The highest BCUT2D eigenvalue weighted by Crippen LogP contribution is 2.15. The molecule has 0 spiro atoms. The molecule has 3 N–H and O–H groups in total. The van der Waals surface area contributed by atoms with Crippen molar-refractivity contribution in [1.29, 1.82) is 5.26 Å². The average Bonchev–Trinajstić information content (AvgIpc) is 2.42. The van der Waals surface area contributed by atoms with E-state index in [0.717, 1.165) is 5.56 Å². The first-order chi connectivity index (χ1) is 9.20. The van der Waals surface area contributed by atoms with Gasteiger partial charge >= 0.3 is 0 Å². The molecule has 4 nitrogen and oxygen atoms in total. The Morgan fingerprint density at radius 3 is 2.47 bits per heavy atom. The molecule has 0 fully saturated rings. The number of amides is 1. The van der Waals surface area contributed by atoms with Crippen LogP contribution >= 0.6 is 0 Å². The summed E-state index contributed by atoms with van der Waals surface area (Å²) in [6.45, 7) is 0. The lowest BCUT2D eigenvalue weighted by Crippen LogP contribution is -2.13.